The van der Waals surface area contributed by atoms with E-state index in [0.717, 1.165) is 0 Å². The van der Waals surface area contributed by atoms with E-state index in [2.05, 4.69) is 481 Å². The molecule has 9 aliphatic heterocycles. The Morgan fingerprint density at radius 3 is 0.830 bits per heavy atom. The minimum atomic E-state index is -0.424. The van der Waals surface area contributed by atoms with Crippen molar-refractivity contribution in [3.63, 3.8) is 0 Å². The lowest BCUT2D eigenvalue weighted by molar-refractivity contribution is 0.632. The zero-order valence-corrected chi connectivity index (χ0v) is 83.3. The third-order valence-corrected chi connectivity index (χ3v) is 39.5. The fourth-order valence-corrected chi connectivity index (χ4v) is 34.3. The van der Waals surface area contributed by atoms with Crippen molar-refractivity contribution in [3.8, 4) is 100 Å². The van der Waals surface area contributed by atoms with Gasteiger partial charge in [-0.15, -0.1) is 0 Å². The number of hydrogen-bond acceptors (Lipinski definition) is 9. The molecule has 0 amide bonds. The van der Waals surface area contributed by atoms with Crippen molar-refractivity contribution in [3.05, 3.63) is 503 Å². The van der Waals surface area contributed by atoms with E-state index in [-0.39, 0.29) is 5.41 Å². The lowest BCUT2D eigenvalue weighted by Crippen LogP contribution is -2.37. The molecule has 20 aromatic rings. The molecule has 20 aromatic carbocycles. The van der Waals surface area contributed by atoms with Crippen LogP contribution in [0.3, 0.4) is 0 Å². The molecule has 0 saturated heterocycles. The van der Waals surface area contributed by atoms with Gasteiger partial charge in [-0.3, -0.25) is 0 Å². The Hall–Kier alpha value is -13.9. The van der Waals surface area contributed by atoms with Gasteiger partial charge in [0.1, 0.15) is 0 Å². The first-order valence-electron chi connectivity index (χ1n) is 48.9. The first kappa shape index (κ1) is 84.0. The van der Waals surface area contributed by atoms with E-state index >= 15 is 0 Å². The van der Waals surface area contributed by atoms with Gasteiger partial charge in [-0.1, -0.05) is 358 Å². The topological polar surface area (TPSA) is 9.72 Å². The smallest absolute Gasteiger partial charge is 0.310 e. The number of para-hydroxylation sites is 4. The second-order valence-electron chi connectivity index (χ2n) is 39.5. The summed E-state index contributed by atoms with van der Waals surface area (Å²) < 4.78 is 0. The van der Waals surface area contributed by atoms with Crippen molar-refractivity contribution in [1.29, 1.82) is 0 Å². The largest absolute Gasteiger partial charge is 0.318 e. The van der Waals surface area contributed by atoms with Crippen molar-refractivity contribution < 1.29 is 0 Å². The Balaban J connectivity index is 0.000000102. The van der Waals surface area contributed by atoms with Crippen LogP contribution in [0.4, 0.5) is 51.2 Å². The second kappa shape index (κ2) is 32.1. The van der Waals surface area contributed by atoms with Crippen LogP contribution >= 0.6 is 69.7 Å². The molecule has 11 aliphatic rings. The molecule has 0 aromatic heterocycles. The van der Waals surface area contributed by atoms with Crippen LogP contribution in [0, 0.1) is 27.7 Å². The molecule has 9 heterocycles. The summed E-state index contributed by atoms with van der Waals surface area (Å²) in [6.07, 6.45) is 0. The van der Waals surface area contributed by atoms with E-state index in [4.69, 9.17) is 0 Å². The SMILES string of the molecule is CC1(C)c2ccccc2N(c2cc3c4c(c2)-c2ccccc2SB4Sc2ccccc2-3)c2c(-c3ccccc3)cccc21.Cc1ccc2c(c1)-c1cc(N3c4ccccc4C4(c5ccccc5-c5ccccc54)c4ccccc43)cc3c1B(S2)Sc1ccc(C)cc1-3.Cc1ccc2c(c1)C1(c3ccccc3-c3ccccc31)c1cc(C)ccc1N2c1cc2c3c(c1)-c1ccccc1SB3Sc1ccccc1-2. The first-order chi connectivity index (χ1) is 69.3. The maximum absolute atomic E-state index is 2.57. The molecule has 0 bridgehead atoms. The molecule has 0 saturated carbocycles. The summed E-state index contributed by atoms with van der Waals surface area (Å²) in [5.41, 5.74) is 57.2. The molecule has 664 valence electrons. The number of anilines is 9. The molecule has 12 heteroatoms. The van der Waals surface area contributed by atoms with Crippen molar-refractivity contribution in [2.24, 2.45) is 0 Å². The van der Waals surface area contributed by atoms with Gasteiger partial charge in [-0.2, -0.15) is 69.7 Å². The highest BCUT2D eigenvalue weighted by atomic mass is 32.2. The highest BCUT2D eigenvalue weighted by molar-refractivity contribution is 8.57. The molecule has 3 nitrogen and oxygen atoms in total. The normalized spacial score (nSPS) is 15.1. The van der Waals surface area contributed by atoms with Crippen molar-refractivity contribution in [2.75, 3.05) is 14.7 Å². The summed E-state index contributed by atoms with van der Waals surface area (Å²) in [7, 11) is 0. The third kappa shape index (κ3) is 12.3. The Kier molecular flexibility index (Phi) is 19.1. The lowest BCUT2D eigenvalue weighted by atomic mass is 9.64. The number of hydrogen-bond donors (Lipinski definition) is 0. The summed E-state index contributed by atoms with van der Waals surface area (Å²) in [5.74, 6) is 0. The van der Waals surface area contributed by atoms with E-state index in [1.54, 1.807) is 0 Å². The molecule has 0 N–H and O–H groups in total. The standard InChI is InChI=1S/2C45H30BNS2.C39H28BNS2/c1-27-19-21-40-38(23-27)45(36-15-7-3-11-30(36)31-12-4-8-16-37(31)45)39-24-28(2)20-22-41(39)47(40)29-25-34-32-13-5-9-17-42(32)48-46-44(34)35(26-29)33-14-6-10-18-43(33)49-46;1-27-19-21-42-32(23-27)34-25-29(26-35-33-24-28(2)20-22-43(33)49-46(48-42)44(34)35)47-40-17-9-7-15-38(40)45(39-16-8-10-18-41(39)47)36-13-5-3-11-30(36)31-12-4-6-14-37(31)45;1-39(2)32-18-8-9-20-34(32)41(38-27(17-12-19-33(38)39)25-13-4-3-5-14-25)26-23-30-28-15-6-10-21-35(28)42-40-37(30)31(24-26)29-16-7-11-22-36(29)43-40/h2*3-26H,1-2H3;3-24H,1-2H3. The molecule has 0 radical (unpaired) electrons. The summed E-state index contributed by atoms with van der Waals surface area (Å²) >= 11 is 12.0. The van der Waals surface area contributed by atoms with Crippen molar-refractivity contribution >= 4 is 153 Å². The van der Waals surface area contributed by atoms with Gasteiger partial charge in [0.15, 0.2) is 0 Å². The van der Waals surface area contributed by atoms with Gasteiger partial charge in [0.2, 0.25) is 0 Å². The molecular formula is C129H88B3N3S6. The third-order valence-electron chi connectivity index (χ3n) is 31.4. The van der Waals surface area contributed by atoms with E-state index in [1.807, 2.05) is 69.7 Å². The predicted molar refractivity (Wildman–Crippen MR) is 606 cm³/mol. The van der Waals surface area contributed by atoms with E-state index < -0.39 is 10.8 Å². The monoisotopic (exact) mass is 1900 g/mol. The minimum absolute atomic E-state index is 0.146. The van der Waals surface area contributed by atoms with Crippen molar-refractivity contribution in [1.82, 2.24) is 0 Å². The Morgan fingerprint density at radius 1 is 0.184 bits per heavy atom. The van der Waals surface area contributed by atoms with Crippen LogP contribution in [0.15, 0.2) is 454 Å². The van der Waals surface area contributed by atoms with Crippen LogP contribution in [0.2, 0.25) is 0 Å². The molecule has 0 fully saturated rings. The molecule has 0 atom stereocenters. The maximum atomic E-state index is 2.57. The molecule has 2 spiro atoms. The van der Waals surface area contributed by atoms with Gasteiger partial charge in [-0.05, 0) is 297 Å². The number of benzene rings is 20. The number of aryl methyl sites for hydroxylation is 4. The zero-order chi connectivity index (χ0) is 93.6. The van der Waals surface area contributed by atoms with E-state index in [0.29, 0.717) is 15.8 Å². The van der Waals surface area contributed by atoms with Gasteiger partial charge >= 0.3 is 15.8 Å². The highest BCUT2D eigenvalue weighted by Gasteiger charge is 2.55. The second-order valence-corrected chi connectivity index (χ2v) is 47.3. The quantitative estimate of drug-likeness (QED) is 0.158. The van der Waals surface area contributed by atoms with Gasteiger partial charge in [0.05, 0.1) is 45.0 Å². The Labute approximate surface area is 850 Å². The Morgan fingerprint density at radius 2 is 0.447 bits per heavy atom. The molecular weight excluding hydrogens is 1820 g/mol. The minimum Gasteiger partial charge on any atom is -0.310 e. The maximum Gasteiger partial charge on any atom is 0.318 e. The highest BCUT2D eigenvalue weighted by Crippen LogP contribution is 2.68. The number of rotatable bonds is 4. The van der Waals surface area contributed by atoms with Gasteiger partial charge in [0, 0.05) is 57.4 Å². The first-order valence-corrected chi connectivity index (χ1v) is 54.2. The van der Waals surface area contributed by atoms with Crippen LogP contribution in [0.25, 0.3) is 100 Å². The van der Waals surface area contributed by atoms with Crippen LogP contribution in [0.5, 0.6) is 0 Å². The van der Waals surface area contributed by atoms with Gasteiger partial charge < -0.3 is 14.7 Å². The predicted octanol–water partition coefficient (Wildman–Crippen LogP) is 34.1. The summed E-state index contributed by atoms with van der Waals surface area (Å²) in [4.78, 5) is 15.9. The fourth-order valence-electron chi connectivity index (χ4n) is 25.5. The molecule has 2 aliphatic carbocycles. The Bertz CT molecular complexity index is 8410. The summed E-state index contributed by atoms with van der Waals surface area (Å²) in [5, 5.41) is 0.980. The molecule has 0 unspecified atom stereocenters. The van der Waals surface area contributed by atoms with Gasteiger partial charge in [-0.25, -0.2) is 0 Å². The fraction of sp³-hybridized carbons (Fsp3) is 0.0698. The average molecular weight is 1900 g/mol. The van der Waals surface area contributed by atoms with Crippen LogP contribution in [-0.4, -0.2) is 15.8 Å². The molecule has 31 rings (SSSR count). The summed E-state index contributed by atoms with van der Waals surface area (Å²) in [6, 6.07) is 160. The number of fused-ring (bicyclic) bond motifs is 32. The zero-order valence-electron chi connectivity index (χ0n) is 78.4. The number of nitrogens with zero attached hydrogens (tertiary/aromatic N) is 3. The van der Waals surface area contributed by atoms with Crippen LogP contribution in [0.1, 0.15) is 91.7 Å². The van der Waals surface area contributed by atoms with E-state index in [1.165, 1.54) is 275 Å². The molecule has 141 heavy (non-hydrogen) atoms. The van der Waals surface area contributed by atoms with Gasteiger partial charge in [0.25, 0.3) is 0 Å². The lowest BCUT2D eigenvalue weighted by Gasteiger charge is -2.46. The van der Waals surface area contributed by atoms with E-state index in [9.17, 15) is 0 Å². The van der Waals surface area contributed by atoms with Crippen LogP contribution in [-0.2, 0) is 16.2 Å². The summed E-state index contributed by atoms with van der Waals surface area (Å²) in [6.45, 7) is 13.7. The average Bonchev–Trinajstić information content (AvgIpc) is 1.53. The van der Waals surface area contributed by atoms with Crippen LogP contribution < -0.4 is 31.1 Å². The van der Waals surface area contributed by atoms with Crippen molar-refractivity contribution in [2.45, 2.75) is 87.2 Å².